The maximum absolute atomic E-state index is 12.4. The third-order valence-electron chi connectivity index (χ3n) is 5.03. The molecule has 3 rings (SSSR count). The van der Waals surface area contributed by atoms with E-state index in [0.29, 0.717) is 44.2 Å². The molecular weight excluding hydrogens is 344 g/mol. The summed E-state index contributed by atoms with van der Waals surface area (Å²) in [6.45, 7) is 3.70. The molecule has 0 atom stereocenters. The summed E-state index contributed by atoms with van der Waals surface area (Å²) in [6.07, 6.45) is 5.15. The molecule has 2 fully saturated rings. The minimum atomic E-state index is -3.42. The number of rotatable bonds is 6. The lowest BCUT2D eigenvalue weighted by Gasteiger charge is -2.34. The van der Waals surface area contributed by atoms with Gasteiger partial charge in [-0.15, -0.1) is 0 Å². The first kappa shape index (κ1) is 18.3. The first-order valence-corrected chi connectivity index (χ1v) is 10.5. The Hall–Kier alpha value is -1.45. The molecule has 1 aromatic heterocycles. The number of nitrogens with one attached hydrogen (secondary N) is 1. The fraction of sp³-hybridized carbons (Fsp3) is 0.750. The summed E-state index contributed by atoms with van der Waals surface area (Å²) in [5.41, 5.74) is 0.403. The van der Waals surface area contributed by atoms with Crippen molar-refractivity contribution in [3.63, 3.8) is 0 Å². The van der Waals surface area contributed by atoms with Crippen molar-refractivity contribution in [2.45, 2.75) is 31.4 Å². The Kier molecular flexibility index (Phi) is 6.08. The van der Waals surface area contributed by atoms with Crippen LogP contribution in [0.2, 0.25) is 0 Å². The molecule has 2 aliphatic heterocycles. The summed E-state index contributed by atoms with van der Waals surface area (Å²) in [6, 6.07) is 1.55. The van der Waals surface area contributed by atoms with Crippen LogP contribution in [0.3, 0.4) is 0 Å². The zero-order valence-corrected chi connectivity index (χ0v) is 15.2. The molecule has 2 aliphatic rings. The maximum Gasteiger partial charge on any atom is 0.222 e. The lowest BCUT2D eigenvalue weighted by atomic mass is 9.93. The number of piperidine rings is 1. The molecule has 8 nitrogen and oxygen atoms in total. The molecule has 9 heteroatoms. The molecule has 2 saturated heterocycles. The van der Waals surface area contributed by atoms with Crippen LogP contribution in [0.25, 0.3) is 0 Å². The third kappa shape index (κ3) is 5.02. The van der Waals surface area contributed by atoms with E-state index in [2.05, 4.69) is 15.0 Å². The van der Waals surface area contributed by atoms with Gasteiger partial charge in [-0.1, -0.05) is 5.16 Å². The summed E-state index contributed by atoms with van der Waals surface area (Å²) in [5, 5.41) is 6.99. The van der Waals surface area contributed by atoms with Crippen LogP contribution in [0, 0.1) is 5.92 Å². The van der Waals surface area contributed by atoms with Gasteiger partial charge in [-0.2, -0.15) is 4.31 Å². The third-order valence-corrected chi connectivity index (χ3v) is 6.84. The van der Waals surface area contributed by atoms with E-state index in [-0.39, 0.29) is 11.7 Å². The molecule has 1 amide bonds. The smallest absolute Gasteiger partial charge is 0.222 e. The van der Waals surface area contributed by atoms with Crippen molar-refractivity contribution in [3.05, 3.63) is 18.0 Å². The Morgan fingerprint density at radius 1 is 1.24 bits per heavy atom. The van der Waals surface area contributed by atoms with Crippen LogP contribution in [0.1, 0.15) is 31.4 Å². The van der Waals surface area contributed by atoms with E-state index in [1.807, 2.05) is 0 Å². The minimum absolute atomic E-state index is 0.145. The molecule has 25 heavy (non-hydrogen) atoms. The molecule has 1 N–H and O–H groups in total. The predicted octanol–water partition coefficient (Wildman–Crippen LogP) is 0.428. The lowest BCUT2D eigenvalue weighted by Crippen LogP contribution is -2.50. The van der Waals surface area contributed by atoms with Crippen LogP contribution in [0.5, 0.6) is 0 Å². The van der Waals surface area contributed by atoms with Crippen LogP contribution < -0.4 is 5.32 Å². The Morgan fingerprint density at radius 2 is 1.96 bits per heavy atom. The highest BCUT2D eigenvalue weighted by Crippen LogP contribution is 2.19. The highest BCUT2D eigenvalue weighted by molar-refractivity contribution is 7.88. The number of nitrogens with zero attached hydrogens (tertiary/aromatic N) is 3. The van der Waals surface area contributed by atoms with Gasteiger partial charge in [-0.3, -0.25) is 4.79 Å². The summed E-state index contributed by atoms with van der Waals surface area (Å²) >= 11 is 0. The first-order valence-electron chi connectivity index (χ1n) is 8.90. The molecule has 0 aliphatic carbocycles. The van der Waals surface area contributed by atoms with Gasteiger partial charge in [0.05, 0.1) is 5.69 Å². The number of carbonyl (C=O) groups is 1. The normalized spacial score (nSPS) is 20.7. The molecule has 0 bridgehead atoms. The number of hydrogen-bond acceptors (Lipinski definition) is 6. The van der Waals surface area contributed by atoms with Crippen LogP contribution in [0.15, 0.2) is 16.9 Å². The van der Waals surface area contributed by atoms with E-state index >= 15 is 0 Å². The molecule has 0 radical (unpaired) electrons. The van der Waals surface area contributed by atoms with Crippen LogP contribution in [-0.4, -0.2) is 68.0 Å². The largest absolute Gasteiger partial charge is 0.364 e. The van der Waals surface area contributed by atoms with Crippen LogP contribution in [0.4, 0.5) is 0 Å². The Balaban J connectivity index is 1.43. The SMILES string of the molecule is O=C(CCC1CCNCC1)N1CCN(S(=O)(=O)Cc2ccon2)CC1. The van der Waals surface area contributed by atoms with E-state index in [4.69, 9.17) is 0 Å². The van der Waals surface area contributed by atoms with Crippen molar-refractivity contribution in [3.8, 4) is 0 Å². The summed E-state index contributed by atoms with van der Waals surface area (Å²) < 4.78 is 30.9. The van der Waals surface area contributed by atoms with E-state index < -0.39 is 10.0 Å². The van der Waals surface area contributed by atoms with Crippen LogP contribution in [-0.2, 0) is 20.6 Å². The van der Waals surface area contributed by atoms with E-state index in [1.54, 1.807) is 11.0 Å². The monoisotopic (exact) mass is 370 g/mol. The van der Waals surface area contributed by atoms with E-state index in [0.717, 1.165) is 32.4 Å². The van der Waals surface area contributed by atoms with Crippen molar-refractivity contribution in [2.75, 3.05) is 39.3 Å². The van der Waals surface area contributed by atoms with Gasteiger partial charge in [-0.25, -0.2) is 8.42 Å². The fourth-order valence-corrected chi connectivity index (χ4v) is 4.89. The zero-order chi connectivity index (χ0) is 17.7. The van der Waals surface area contributed by atoms with Crippen molar-refractivity contribution in [2.24, 2.45) is 5.92 Å². The second-order valence-corrected chi connectivity index (χ2v) is 8.73. The lowest BCUT2D eigenvalue weighted by molar-refractivity contribution is -0.132. The van der Waals surface area contributed by atoms with Crippen LogP contribution >= 0.6 is 0 Å². The van der Waals surface area contributed by atoms with Crippen molar-refractivity contribution >= 4 is 15.9 Å². The number of sulfonamides is 1. The van der Waals surface area contributed by atoms with E-state index in [1.165, 1.54) is 10.6 Å². The van der Waals surface area contributed by atoms with Gasteiger partial charge in [0, 0.05) is 38.7 Å². The molecule has 0 aromatic carbocycles. The molecule has 0 saturated carbocycles. The Bertz CT molecular complexity index is 648. The van der Waals surface area contributed by atoms with Gasteiger partial charge in [0.2, 0.25) is 15.9 Å². The second kappa shape index (κ2) is 8.29. The highest BCUT2D eigenvalue weighted by atomic mass is 32.2. The number of aromatic nitrogens is 1. The zero-order valence-electron chi connectivity index (χ0n) is 14.4. The summed E-state index contributed by atoms with van der Waals surface area (Å²) in [5.74, 6) is 0.620. The summed E-state index contributed by atoms with van der Waals surface area (Å²) in [4.78, 5) is 14.2. The molecule has 3 heterocycles. The predicted molar refractivity (Wildman–Crippen MR) is 92.1 cm³/mol. The summed E-state index contributed by atoms with van der Waals surface area (Å²) in [7, 11) is -3.42. The van der Waals surface area contributed by atoms with Gasteiger partial charge in [0.25, 0.3) is 0 Å². The standard InChI is InChI=1S/C16H26N4O4S/c21-16(2-1-14-3-6-17-7-4-14)19-8-10-20(11-9-19)25(22,23)13-15-5-12-24-18-15/h5,12,14,17H,1-4,6-11,13H2. The van der Waals surface area contributed by atoms with Gasteiger partial charge in [-0.05, 0) is 38.3 Å². The minimum Gasteiger partial charge on any atom is -0.364 e. The molecule has 0 spiro atoms. The average Bonchev–Trinajstić information content (AvgIpc) is 3.13. The fourth-order valence-electron chi connectivity index (χ4n) is 3.46. The number of hydrogen-bond donors (Lipinski definition) is 1. The van der Waals surface area contributed by atoms with Crippen molar-refractivity contribution in [1.82, 2.24) is 19.7 Å². The first-order chi connectivity index (χ1) is 12.0. The molecule has 140 valence electrons. The second-order valence-electron chi connectivity index (χ2n) is 6.76. The highest BCUT2D eigenvalue weighted by Gasteiger charge is 2.29. The molecule has 0 unspecified atom stereocenters. The van der Waals surface area contributed by atoms with Gasteiger partial charge >= 0.3 is 0 Å². The quantitative estimate of drug-likeness (QED) is 0.780. The number of amides is 1. The Labute approximate surface area is 148 Å². The number of carbonyl (C=O) groups excluding carboxylic acids is 1. The molecule has 1 aromatic rings. The van der Waals surface area contributed by atoms with Gasteiger partial charge in [0.1, 0.15) is 12.0 Å². The van der Waals surface area contributed by atoms with Gasteiger partial charge in [0.15, 0.2) is 0 Å². The van der Waals surface area contributed by atoms with E-state index in [9.17, 15) is 13.2 Å². The maximum atomic E-state index is 12.4. The number of piperazine rings is 1. The topological polar surface area (TPSA) is 95.8 Å². The Morgan fingerprint density at radius 3 is 2.60 bits per heavy atom. The van der Waals surface area contributed by atoms with Crippen molar-refractivity contribution < 1.29 is 17.7 Å². The molecular formula is C16H26N4O4S. The van der Waals surface area contributed by atoms with Crippen molar-refractivity contribution in [1.29, 1.82) is 0 Å². The van der Waals surface area contributed by atoms with Gasteiger partial charge < -0.3 is 14.7 Å². The average molecular weight is 370 g/mol.